The summed E-state index contributed by atoms with van der Waals surface area (Å²) in [6.45, 7) is 7.34. The van der Waals surface area contributed by atoms with Crippen molar-refractivity contribution in [2.24, 2.45) is 0 Å². The van der Waals surface area contributed by atoms with E-state index >= 15 is 0 Å². The third kappa shape index (κ3) is 6.82. The molecule has 1 aromatic carbocycles. The van der Waals surface area contributed by atoms with Gasteiger partial charge < -0.3 is 15.4 Å². The van der Waals surface area contributed by atoms with E-state index in [2.05, 4.69) is 10.6 Å². The lowest BCUT2D eigenvalue weighted by Crippen LogP contribution is -2.41. The first-order valence-corrected chi connectivity index (χ1v) is 6.55. The minimum absolute atomic E-state index is 0.0747. The van der Waals surface area contributed by atoms with Crippen molar-refractivity contribution in [2.45, 2.75) is 39.3 Å². The van der Waals surface area contributed by atoms with Gasteiger partial charge in [-0.3, -0.25) is 4.79 Å². The summed E-state index contributed by atoms with van der Waals surface area (Å²) in [4.78, 5) is 11.6. The Bertz CT molecular complexity index is 411. The highest BCUT2D eigenvalue weighted by molar-refractivity contribution is 5.76. The first kappa shape index (κ1) is 15.5. The molecule has 2 N–H and O–H groups in total. The summed E-state index contributed by atoms with van der Waals surface area (Å²) in [5.41, 5.74) is 0.986. The lowest BCUT2D eigenvalue weighted by atomic mass is 10.1. The number of nitrogens with one attached hydrogen (secondary N) is 2. The summed E-state index contributed by atoms with van der Waals surface area (Å²) in [5.74, 6) is 0.926. The molecule has 0 saturated heterocycles. The Morgan fingerprint density at radius 3 is 2.68 bits per heavy atom. The van der Waals surface area contributed by atoms with Crippen LogP contribution in [-0.4, -0.2) is 25.1 Å². The molecule has 0 aromatic heterocycles. The molecule has 19 heavy (non-hydrogen) atoms. The Kier molecular flexibility index (Phi) is 5.83. The van der Waals surface area contributed by atoms with Crippen LogP contribution in [0.15, 0.2) is 24.3 Å². The van der Waals surface area contributed by atoms with Gasteiger partial charge >= 0.3 is 0 Å². The summed E-state index contributed by atoms with van der Waals surface area (Å²) < 4.78 is 5.16. The number of hydrogen-bond acceptors (Lipinski definition) is 3. The molecule has 1 aromatic rings. The van der Waals surface area contributed by atoms with Crippen LogP contribution in [0.3, 0.4) is 0 Å². The Labute approximate surface area is 115 Å². The van der Waals surface area contributed by atoms with Crippen LogP contribution in [0.1, 0.15) is 32.8 Å². The van der Waals surface area contributed by atoms with Crippen LogP contribution in [0.25, 0.3) is 0 Å². The molecular weight excluding hydrogens is 240 g/mol. The highest BCUT2D eigenvalue weighted by atomic mass is 16.5. The monoisotopic (exact) mass is 264 g/mol. The zero-order valence-electron chi connectivity index (χ0n) is 12.2. The predicted octanol–water partition coefficient (Wildman–Crippen LogP) is 2.09. The summed E-state index contributed by atoms with van der Waals surface area (Å²) in [5, 5.41) is 6.19. The van der Waals surface area contributed by atoms with Gasteiger partial charge in [0.15, 0.2) is 0 Å². The fourth-order valence-corrected chi connectivity index (χ4v) is 1.70. The molecule has 1 rings (SSSR count). The Balaban J connectivity index is 2.25. The van der Waals surface area contributed by atoms with Crippen molar-refractivity contribution in [3.63, 3.8) is 0 Å². The molecule has 0 aliphatic heterocycles. The maximum atomic E-state index is 11.6. The molecule has 0 fully saturated rings. The lowest BCUT2D eigenvalue weighted by Gasteiger charge is -2.20. The second-order valence-corrected chi connectivity index (χ2v) is 5.58. The molecule has 4 nitrogen and oxygen atoms in total. The van der Waals surface area contributed by atoms with Crippen LogP contribution >= 0.6 is 0 Å². The number of hydrogen-bond donors (Lipinski definition) is 2. The first-order valence-electron chi connectivity index (χ1n) is 6.55. The summed E-state index contributed by atoms with van der Waals surface area (Å²) >= 11 is 0. The number of rotatable bonds is 6. The Hall–Kier alpha value is -1.55. The molecule has 1 amide bonds. The molecule has 0 aliphatic carbocycles. The van der Waals surface area contributed by atoms with Gasteiger partial charge in [-0.15, -0.1) is 0 Å². The number of amides is 1. The van der Waals surface area contributed by atoms with Gasteiger partial charge in [0.25, 0.3) is 0 Å². The van der Waals surface area contributed by atoms with E-state index in [0.29, 0.717) is 13.0 Å². The van der Waals surface area contributed by atoms with Crippen LogP contribution in [0.5, 0.6) is 5.75 Å². The summed E-state index contributed by atoms with van der Waals surface area (Å²) in [7, 11) is 1.66. The first-order chi connectivity index (χ1) is 8.90. The fraction of sp³-hybridized carbons (Fsp3) is 0.533. The normalized spacial score (nSPS) is 11.2. The maximum absolute atomic E-state index is 11.6. The van der Waals surface area contributed by atoms with E-state index in [4.69, 9.17) is 4.74 Å². The molecule has 0 bridgehead atoms. The van der Waals surface area contributed by atoms with Gasteiger partial charge in [-0.25, -0.2) is 0 Å². The molecule has 0 saturated carbocycles. The third-order valence-corrected chi connectivity index (χ3v) is 2.51. The molecule has 0 heterocycles. The predicted molar refractivity (Wildman–Crippen MR) is 77.2 cm³/mol. The standard InChI is InChI=1S/C15H24N2O2/c1-15(2,3)17-14(18)8-9-16-11-12-6-5-7-13(10-12)19-4/h5-7,10,16H,8-9,11H2,1-4H3,(H,17,18). The van der Waals surface area contributed by atoms with Gasteiger partial charge in [0.05, 0.1) is 7.11 Å². The van der Waals surface area contributed by atoms with Crippen molar-refractivity contribution >= 4 is 5.91 Å². The molecule has 106 valence electrons. The van der Waals surface area contributed by atoms with Crippen molar-refractivity contribution in [3.05, 3.63) is 29.8 Å². The van der Waals surface area contributed by atoms with E-state index in [1.54, 1.807) is 7.11 Å². The highest BCUT2D eigenvalue weighted by Crippen LogP contribution is 2.12. The zero-order chi connectivity index (χ0) is 14.3. The van der Waals surface area contributed by atoms with Gasteiger partial charge in [-0.05, 0) is 38.5 Å². The molecule has 0 aliphatic rings. The second kappa shape index (κ2) is 7.14. The van der Waals surface area contributed by atoms with Crippen molar-refractivity contribution < 1.29 is 9.53 Å². The molecule has 0 atom stereocenters. The minimum atomic E-state index is -0.163. The van der Waals surface area contributed by atoms with Crippen molar-refractivity contribution in [3.8, 4) is 5.75 Å². The quantitative estimate of drug-likeness (QED) is 0.774. The lowest BCUT2D eigenvalue weighted by molar-refractivity contribution is -0.122. The molecular formula is C15H24N2O2. The van der Waals surface area contributed by atoms with E-state index < -0.39 is 0 Å². The van der Waals surface area contributed by atoms with Crippen molar-refractivity contribution in [1.82, 2.24) is 10.6 Å². The zero-order valence-corrected chi connectivity index (χ0v) is 12.2. The van der Waals surface area contributed by atoms with Crippen LogP contribution in [-0.2, 0) is 11.3 Å². The Morgan fingerprint density at radius 2 is 2.05 bits per heavy atom. The number of ether oxygens (including phenoxy) is 1. The molecule has 0 radical (unpaired) electrons. The van der Waals surface area contributed by atoms with E-state index in [1.807, 2.05) is 45.0 Å². The van der Waals surface area contributed by atoms with Gasteiger partial charge in [0, 0.05) is 25.0 Å². The number of carbonyl (C=O) groups is 1. The molecule has 0 unspecified atom stereocenters. The SMILES string of the molecule is COc1cccc(CNCCC(=O)NC(C)(C)C)c1. The average Bonchev–Trinajstić information content (AvgIpc) is 2.33. The third-order valence-electron chi connectivity index (χ3n) is 2.51. The fourth-order valence-electron chi connectivity index (χ4n) is 1.70. The highest BCUT2D eigenvalue weighted by Gasteiger charge is 2.12. The largest absolute Gasteiger partial charge is 0.497 e. The summed E-state index contributed by atoms with van der Waals surface area (Å²) in [6.07, 6.45) is 0.487. The van der Waals surface area contributed by atoms with Crippen LogP contribution in [0.4, 0.5) is 0 Å². The van der Waals surface area contributed by atoms with E-state index in [9.17, 15) is 4.79 Å². The van der Waals surface area contributed by atoms with E-state index in [0.717, 1.165) is 17.9 Å². The Morgan fingerprint density at radius 1 is 1.32 bits per heavy atom. The molecule has 0 spiro atoms. The maximum Gasteiger partial charge on any atom is 0.221 e. The van der Waals surface area contributed by atoms with Crippen LogP contribution < -0.4 is 15.4 Å². The van der Waals surface area contributed by atoms with Crippen LogP contribution in [0, 0.1) is 0 Å². The van der Waals surface area contributed by atoms with E-state index in [-0.39, 0.29) is 11.4 Å². The topological polar surface area (TPSA) is 50.4 Å². The van der Waals surface area contributed by atoms with Gasteiger partial charge in [-0.1, -0.05) is 12.1 Å². The van der Waals surface area contributed by atoms with Gasteiger partial charge in [-0.2, -0.15) is 0 Å². The van der Waals surface area contributed by atoms with E-state index in [1.165, 1.54) is 0 Å². The minimum Gasteiger partial charge on any atom is -0.497 e. The van der Waals surface area contributed by atoms with Gasteiger partial charge in [0.2, 0.25) is 5.91 Å². The molecule has 4 heteroatoms. The average molecular weight is 264 g/mol. The smallest absolute Gasteiger partial charge is 0.221 e. The number of methoxy groups -OCH3 is 1. The van der Waals surface area contributed by atoms with Crippen molar-refractivity contribution in [2.75, 3.05) is 13.7 Å². The number of benzene rings is 1. The number of carbonyl (C=O) groups excluding carboxylic acids is 1. The van der Waals surface area contributed by atoms with Crippen LogP contribution in [0.2, 0.25) is 0 Å². The van der Waals surface area contributed by atoms with Gasteiger partial charge in [0.1, 0.15) is 5.75 Å². The summed E-state index contributed by atoms with van der Waals surface area (Å²) in [6, 6.07) is 7.90. The van der Waals surface area contributed by atoms with Crippen molar-refractivity contribution in [1.29, 1.82) is 0 Å². The second-order valence-electron chi connectivity index (χ2n) is 5.58.